The highest BCUT2D eigenvalue weighted by atomic mass is 16.1. The van der Waals surface area contributed by atoms with Crippen LogP contribution in [-0.2, 0) is 0 Å². The monoisotopic (exact) mass is 362 g/mol. The molecule has 1 aliphatic heterocycles. The maximum atomic E-state index is 12.6. The van der Waals surface area contributed by atoms with Crippen LogP contribution in [0.25, 0.3) is 27.8 Å². The number of aryl methyl sites for hydroxylation is 2. The van der Waals surface area contributed by atoms with E-state index in [1.807, 2.05) is 17.7 Å². The Labute approximate surface area is 156 Å². The molecule has 2 N–H and O–H groups in total. The van der Waals surface area contributed by atoms with E-state index in [2.05, 4.69) is 45.5 Å². The quantitative estimate of drug-likeness (QED) is 0.574. The summed E-state index contributed by atoms with van der Waals surface area (Å²) in [5, 5.41) is 7.67. The number of hydrogen-bond donors (Lipinski definition) is 2. The van der Waals surface area contributed by atoms with Crippen molar-refractivity contribution in [3.63, 3.8) is 0 Å². The third-order valence-electron chi connectivity index (χ3n) is 5.57. The number of fused-ring (bicyclic) bond motifs is 2. The van der Waals surface area contributed by atoms with E-state index in [-0.39, 0.29) is 11.7 Å². The second-order valence-corrected chi connectivity index (χ2v) is 7.42. The molecule has 7 heteroatoms. The normalized spacial score (nSPS) is 17.8. The van der Waals surface area contributed by atoms with E-state index >= 15 is 0 Å². The van der Waals surface area contributed by atoms with Crippen molar-refractivity contribution >= 4 is 16.7 Å². The maximum absolute atomic E-state index is 12.6. The van der Waals surface area contributed by atoms with Crippen LogP contribution in [0.5, 0.6) is 0 Å². The van der Waals surface area contributed by atoms with Gasteiger partial charge in [0.05, 0.1) is 17.1 Å². The summed E-state index contributed by atoms with van der Waals surface area (Å²) < 4.78 is 3.72. The van der Waals surface area contributed by atoms with Crippen LogP contribution in [0.2, 0.25) is 0 Å². The highest BCUT2D eigenvalue weighted by Gasteiger charge is 2.20. The van der Waals surface area contributed by atoms with Gasteiger partial charge in [-0.2, -0.15) is 5.10 Å². The lowest BCUT2D eigenvalue weighted by molar-refractivity contribution is 0.372. The first-order valence-electron chi connectivity index (χ1n) is 9.38. The van der Waals surface area contributed by atoms with Crippen molar-refractivity contribution < 1.29 is 0 Å². The zero-order chi connectivity index (χ0) is 18.5. The zero-order valence-corrected chi connectivity index (χ0v) is 15.5. The summed E-state index contributed by atoms with van der Waals surface area (Å²) in [6.07, 6.45) is 5.68. The van der Waals surface area contributed by atoms with Gasteiger partial charge < -0.3 is 10.3 Å². The molecule has 1 fully saturated rings. The van der Waals surface area contributed by atoms with Gasteiger partial charge in [-0.1, -0.05) is 0 Å². The van der Waals surface area contributed by atoms with Crippen molar-refractivity contribution in [1.82, 2.24) is 29.5 Å². The van der Waals surface area contributed by atoms with Gasteiger partial charge in [0.15, 0.2) is 5.65 Å². The van der Waals surface area contributed by atoms with Crippen molar-refractivity contribution in [3.8, 4) is 11.1 Å². The predicted molar refractivity (Wildman–Crippen MR) is 105 cm³/mol. The number of rotatable bonds is 2. The summed E-state index contributed by atoms with van der Waals surface area (Å²) in [4.78, 5) is 20.0. The smallest absolute Gasteiger partial charge is 0.315 e. The van der Waals surface area contributed by atoms with E-state index in [4.69, 9.17) is 0 Å². The van der Waals surface area contributed by atoms with Gasteiger partial charge in [0, 0.05) is 18.3 Å². The molecule has 0 amide bonds. The fourth-order valence-corrected chi connectivity index (χ4v) is 4.25. The Balaban J connectivity index is 1.68. The standard InChI is InChI=1S/C20H22N6O/c1-12-7-18-17(24-20(27)26(18)15-4-3-5-21-9-15)8-16(12)14-6-13(2)19-22-11-23-25(19)10-14/h6-8,10-11,15,21H,3-5,9H2,1-2H3,(H,24,27)/t15-/m0/s1. The first-order chi connectivity index (χ1) is 13.1. The number of benzene rings is 1. The molecule has 1 aromatic carbocycles. The molecule has 1 saturated heterocycles. The maximum Gasteiger partial charge on any atom is 0.326 e. The molecule has 0 radical (unpaired) electrons. The first kappa shape index (κ1) is 16.3. The van der Waals surface area contributed by atoms with Gasteiger partial charge in [0.25, 0.3) is 0 Å². The molecule has 5 rings (SSSR count). The van der Waals surface area contributed by atoms with Crippen molar-refractivity contribution in [2.75, 3.05) is 13.1 Å². The minimum absolute atomic E-state index is 0.0295. The van der Waals surface area contributed by atoms with Crippen LogP contribution in [0.15, 0.2) is 35.5 Å². The number of nitrogens with one attached hydrogen (secondary N) is 2. The molecule has 0 saturated carbocycles. The van der Waals surface area contributed by atoms with Gasteiger partial charge in [-0.25, -0.2) is 14.3 Å². The lowest BCUT2D eigenvalue weighted by Crippen LogP contribution is -2.35. The van der Waals surface area contributed by atoms with E-state index in [0.717, 1.165) is 64.9 Å². The molecule has 138 valence electrons. The van der Waals surface area contributed by atoms with Crippen molar-refractivity contribution in [2.45, 2.75) is 32.7 Å². The largest absolute Gasteiger partial charge is 0.326 e. The molecule has 0 unspecified atom stereocenters. The van der Waals surface area contributed by atoms with Crippen LogP contribution in [0.3, 0.4) is 0 Å². The van der Waals surface area contributed by atoms with E-state index in [9.17, 15) is 4.79 Å². The Morgan fingerprint density at radius 1 is 1.19 bits per heavy atom. The van der Waals surface area contributed by atoms with Gasteiger partial charge >= 0.3 is 5.69 Å². The highest BCUT2D eigenvalue weighted by molar-refractivity contribution is 5.84. The SMILES string of the molecule is Cc1cc2c(cc1-c1cc(C)c3ncnn3c1)[nH]c(=O)n2[C@H]1CCCNC1. The Bertz CT molecular complexity index is 1210. The van der Waals surface area contributed by atoms with Gasteiger partial charge in [0.1, 0.15) is 6.33 Å². The summed E-state index contributed by atoms with van der Waals surface area (Å²) in [5.74, 6) is 0. The van der Waals surface area contributed by atoms with Gasteiger partial charge in [0.2, 0.25) is 0 Å². The average molecular weight is 362 g/mol. The Morgan fingerprint density at radius 2 is 2.07 bits per heavy atom. The van der Waals surface area contributed by atoms with Crippen LogP contribution in [-0.4, -0.2) is 37.2 Å². The van der Waals surface area contributed by atoms with Crippen molar-refractivity contribution in [2.24, 2.45) is 0 Å². The molecular weight excluding hydrogens is 340 g/mol. The lowest BCUT2D eigenvalue weighted by atomic mass is 9.99. The lowest BCUT2D eigenvalue weighted by Gasteiger charge is -2.24. The van der Waals surface area contributed by atoms with E-state index < -0.39 is 0 Å². The van der Waals surface area contributed by atoms with Crippen molar-refractivity contribution in [1.29, 1.82) is 0 Å². The molecule has 3 aromatic heterocycles. The third kappa shape index (κ3) is 2.57. The van der Waals surface area contributed by atoms with Crippen LogP contribution >= 0.6 is 0 Å². The number of imidazole rings is 1. The summed E-state index contributed by atoms with van der Waals surface area (Å²) in [7, 11) is 0. The Kier molecular flexibility index (Phi) is 3.65. The van der Waals surface area contributed by atoms with Crippen LogP contribution in [0.4, 0.5) is 0 Å². The van der Waals surface area contributed by atoms with Gasteiger partial charge in [-0.05, 0) is 68.1 Å². The summed E-state index contributed by atoms with van der Waals surface area (Å²) in [6, 6.07) is 6.53. The minimum atomic E-state index is -0.0295. The second kappa shape index (κ2) is 6.06. The number of hydrogen-bond acceptors (Lipinski definition) is 4. The zero-order valence-electron chi connectivity index (χ0n) is 15.5. The fourth-order valence-electron chi connectivity index (χ4n) is 4.25. The van der Waals surface area contributed by atoms with Crippen LogP contribution < -0.4 is 11.0 Å². The van der Waals surface area contributed by atoms with Gasteiger partial charge in [-0.3, -0.25) is 4.57 Å². The topological polar surface area (TPSA) is 80.0 Å². The van der Waals surface area contributed by atoms with Gasteiger partial charge in [-0.15, -0.1) is 0 Å². The van der Waals surface area contributed by atoms with E-state index in [1.54, 1.807) is 10.8 Å². The fraction of sp³-hybridized carbons (Fsp3) is 0.350. The predicted octanol–water partition coefficient (Wildman–Crippen LogP) is 2.58. The van der Waals surface area contributed by atoms with E-state index in [0.29, 0.717) is 0 Å². The Hall–Kier alpha value is -2.93. The molecule has 1 aliphatic rings. The molecule has 1 atom stereocenters. The number of nitrogens with zero attached hydrogens (tertiary/aromatic N) is 4. The minimum Gasteiger partial charge on any atom is -0.315 e. The average Bonchev–Trinajstić information content (AvgIpc) is 3.25. The number of aromatic nitrogens is 5. The molecule has 4 heterocycles. The third-order valence-corrected chi connectivity index (χ3v) is 5.57. The molecular formula is C20H22N6O. The summed E-state index contributed by atoms with van der Waals surface area (Å²) >= 11 is 0. The Morgan fingerprint density at radius 3 is 2.89 bits per heavy atom. The molecule has 27 heavy (non-hydrogen) atoms. The summed E-state index contributed by atoms with van der Waals surface area (Å²) in [6.45, 7) is 6.00. The highest BCUT2D eigenvalue weighted by Crippen LogP contribution is 2.30. The van der Waals surface area contributed by atoms with E-state index in [1.165, 1.54) is 0 Å². The molecule has 0 bridgehead atoms. The first-order valence-corrected chi connectivity index (χ1v) is 9.38. The van der Waals surface area contributed by atoms with Crippen LogP contribution in [0.1, 0.15) is 30.0 Å². The van der Waals surface area contributed by atoms with Crippen LogP contribution in [0, 0.1) is 13.8 Å². The second-order valence-electron chi connectivity index (χ2n) is 7.42. The molecule has 0 spiro atoms. The molecule has 7 nitrogen and oxygen atoms in total. The number of piperidine rings is 1. The molecule has 4 aromatic rings. The van der Waals surface area contributed by atoms with Crippen molar-refractivity contribution in [3.05, 3.63) is 52.3 Å². The summed E-state index contributed by atoms with van der Waals surface area (Å²) in [5.41, 5.74) is 7.06. The number of aromatic amines is 1. The number of pyridine rings is 1. The molecule has 0 aliphatic carbocycles. The number of H-pyrrole nitrogens is 1.